The van der Waals surface area contributed by atoms with E-state index in [0.29, 0.717) is 35.5 Å². The number of carbonyl (C=O) groups excluding carboxylic acids is 2. The standard InChI is InChI=1S/C24H28N2O4/c1-4-15-26(16-5-2)24(28)22-21(19-13-9-10-14-20(19)30-22)25-23(27)17(3)29-18-11-7-6-8-12-18/h6-14,17H,4-5,15-16H2,1-3H3,(H,25,27). The molecule has 0 radical (unpaired) electrons. The Kier molecular flexibility index (Phi) is 7.12. The highest BCUT2D eigenvalue weighted by atomic mass is 16.5. The van der Waals surface area contributed by atoms with Crippen LogP contribution in [0.25, 0.3) is 11.0 Å². The van der Waals surface area contributed by atoms with Gasteiger partial charge in [0.15, 0.2) is 6.10 Å². The maximum atomic E-state index is 13.2. The van der Waals surface area contributed by atoms with Crippen molar-refractivity contribution in [3.05, 3.63) is 60.4 Å². The lowest BCUT2D eigenvalue weighted by atomic mass is 10.2. The average Bonchev–Trinajstić information content (AvgIpc) is 3.12. The van der Waals surface area contributed by atoms with Gasteiger partial charge in [0.05, 0.1) is 0 Å². The number of anilines is 1. The van der Waals surface area contributed by atoms with Crippen LogP contribution in [0, 0.1) is 0 Å². The number of nitrogens with one attached hydrogen (secondary N) is 1. The Morgan fingerprint density at radius 3 is 2.30 bits per heavy atom. The lowest BCUT2D eigenvalue weighted by Gasteiger charge is -2.21. The molecule has 3 rings (SSSR count). The van der Waals surface area contributed by atoms with Crippen molar-refractivity contribution in [3.8, 4) is 5.75 Å². The molecule has 1 unspecified atom stereocenters. The first-order valence-corrected chi connectivity index (χ1v) is 10.4. The first-order chi connectivity index (χ1) is 14.5. The van der Waals surface area contributed by atoms with Gasteiger partial charge in [0, 0.05) is 18.5 Å². The predicted molar refractivity (Wildman–Crippen MR) is 118 cm³/mol. The molecule has 30 heavy (non-hydrogen) atoms. The van der Waals surface area contributed by atoms with E-state index < -0.39 is 6.10 Å². The largest absolute Gasteiger partial charge is 0.481 e. The number of furan rings is 1. The normalized spacial score (nSPS) is 11.8. The van der Waals surface area contributed by atoms with Gasteiger partial charge in [0.25, 0.3) is 11.8 Å². The summed E-state index contributed by atoms with van der Waals surface area (Å²) in [5.41, 5.74) is 0.946. The van der Waals surface area contributed by atoms with Gasteiger partial charge in [0.1, 0.15) is 17.0 Å². The van der Waals surface area contributed by atoms with Gasteiger partial charge in [0.2, 0.25) is 5.76 Å². The minimum atomic E-state index is -0.744. The number of carbonyl (C=O) groups is 2. The number of amides is 2. The van der Waals surface area contributed by atoms with Gasteiger partial charge >= 0.3 is 0 Å². The second-order valence-corrected chi connectivity index (χ2v) is 7.16. The quantitative estimate of drug-likeness (QED) is 0.535. The van der Waals surface area contributed by atoms with Crippen molar-refractivity contribution in [2.45, 2.75) is 39.7 Å². The van der Waals surface area contributed by atoms with E-state index in [1.807, 2.05) is 50.2 Å². The maximum absolute atomic E-state index is 13.2. The molecule has 1 aromatic heterocycles. The third-order valence-corrected chi connectivity index (χ3v) is 4.74. The number of rotatable bonds is 9. The zero-order valence-corrected chi connectivity index (χ0v) is 17.7. The van der Waals surface area contributed by atoms with E-state index >= 15 is 0 Å². The molecule has 1 atom stereocenters. The van der Waals surface area contributed by atoms with E-state index in [-0.39, 0.29) is 17.6 Å². The fraction of sp³-hybridized carbons (Fsp3) is 0.333. The molecule has 3 aromatic rings. The third kappa shape index (κ3) is 4.82. The number of para-hydroxylation sites is 2. The van der Waals surface area contributed by atoms with Gasteiger partial charge in [-0.3, -0.25) is 9.59 Å². The Hall–Kier alpha value is -3.28. The van der Waals surface area contributed by atoms with E-state index in [0.717, 1.165) is 12.8 Å². The molecule has 6 nitrogen and oxygen atoms in total. The number of fused-ring (bicyclic) bond motifs is 1. The van der Waals surface area contributed by atoms with Gasteiger partial charge in [-0.05, 0) is 44.0 Å². The van der Waals surface area contributed by atoms with Crippen LogP contribution in [0.4, 0.5) is 5.69 Å². The molecule has 0 aliphatic carbocycles. The summed E-state index contributed by atoms with van der Waals surface area (Å²) in [5, 5.41) is 3.56. The Labute approximate surface area is 176 Å². The van der Waals surface area contributed by atoms with Gasteiger partial charge in [-0.1, -0.05) is 44.2 Å². The molecule has 6 heteroatoms. The van der Waals surface area contributed by atoms with Gasteiger partial charge in [-0.15, -0.1) is 0 Å². The van der Waals surface area contributed by atoms with Gasteiger partial charge in [-0.2, -0.15) is 0 Å². The molecule has 0 saturated carbocycles. The summed E-state index contributed by atoms with van der Waals surface area (Å²) >= 11 is 0. The summed E-state index contributed by atoms with van der Waals surface area (Å²) in [6.45, 7) is 6.99. The lowest BCUT2D eigenvalue weighted by molar-refractivity contribution is -0.122. The van der Waals surface area contributed by atoms with E-state index in [1.165, 1.54) is 0 Å². The van der Waals surface area contributed by atoms with Crippen molar-refractivity contribution in [2.24, 2.45) is 0 Å². The van der Waals surface area contributed by atoms with Crippen molar-refractivity contribution in [2.75, 3.05) is 18.4 Å². The van der Waals surface area contributed by atoms with Crippen LogP contribution < -0.4 is 10.1 Å². The Morgan fingerprint density at radius 1 is 1.00 bits per heavy atom. The highest BCUT2D eigenvalue weighted by Gasteiger charge is 2.27. The van der Waals surface area contributed by atoms with E-state index in [9.17, 15) is 9.59 Å². The monoisotopic (exact) mass is 408 g/mol. The van der Waals surface area contributed by atoms with Crippen LogP contribution in [0.1, 0.15) is 44.2 Å². The summed E-state index contributed by atoms with van der Waals surface area (Å²) in [6.07, 6.45) is 0.942. The first kappa shape index (κ1) is 21.4. The molecule has 158 valence electrons. The third-order valence-electron chi connectivity index (χ3n) is 4.74. The maximum Gasteiger partial charge on any atom is 0.291 e. The second kappa shape index (κ2) is 9.96. The van der Waals surface area contributed by atoms with Crippen LogP contribution >= 0.6 is 0 Å². The van der Waals surface area contributed by atoms with Gasteiger partial charge in [-0.25, -0.2) is 0 Å². The van der Waals surface area contributed by atoms with Crippen LogP contribution in [0.3, 0.4) is 0 Å². The molecule has 2 aromatic carbocycles. The van der Waals surface area contributed by atoms with Crippen LogP contribution in [-0.2, 0) is 4.79 Å². The predicted octanol–water partition coefficient (Wildman–Crippen LogP) is 5.10. The number of hydrogen-bond donors (Lipinski definition) is 1. The molecular formula is C24H28N2O4. The highest BCUT2D eigenvalue weighted by molar-refractivity contribution is 6.11. The summed E-state index contributed by atoms with van der Waals surface area (Å²) in [6, 6.07) is 16.5. The van der Waals surface area contributed by atoms with E-state index in [4.69, 9.17) is 9.15 Å². The molecule has 0 saturated heterocycles. The van der Waals surface area contributed by atoms with Crippen molar-refractivity contribution < 1.29 is 18.7 Å². The van der Waals surface area contributed by atoms with Crippen molar-refractivity contribution in [1.82, 2.24) is 4.90 Å². The fourth-order valence-corrected chi connectivity index (χ4v) is 3.30. The number of hydrogen-bond acceptors (Lipinski definition) is 4. The fourth-order valence-electron chi connectivity index (χ4n) is 3.30. The zero-order chi connectivity index (χ0) is 21.5. The molecule has 0 spiro atoms. The summed E-state index contributed by atoms with van der Waals surface area (Å²) in [4.78, 5) is 27.8. The smallest absolute Gasteiger partial charge is 0.291 e. The summed E-state index contributed by atoms with van der Waals surface area (Å²) in [5.74, 6) is 0.183. The Balaban J connectivity index is 1.89. The van der Waals surface area contributed by atoms with E-state index in [2.05, 4.69) is 5.32 Å². The second-order valence-electron chi connectivity index (χ2n) is 7.16. The first-order valence-electron chi connectivity index (χ1n) is 10.4. The molecule has 1 heterocycles. The molecule has 1 N–H and O–H groups in total. The van der Waals surface area contributed by atoms with Crippen molar-refractivity contribution >= 4 is 28.5 Å². The van der Waals surface area contributed by atoms with Crippen LogP contribution in [0.15, 0.2) is 59.0 Å². The number of benzene rings is 2. The summed E-state index contributed by atoms with van der Waals surface area (Å²) < 4.78 is 11.6. The Morgan fingerprint density at radius 2 is 1.63 bits per heavy atom. The lowest BCUT2D eigenvalue weighted by Crippen LogP contribution is -2.34. The van der Waals surface area contributed by atoms with Crippen molar-refractivity contribution in [1.29, 1.82) is 0 Å². The average molecular weight is 408 g/mol. The molecule has 2 amide bonds. The molecular weight excluding hydrogens is 380 g/mol. The highest BCUT2D eigenvalue weighted by Crippen LogP contribution is 2.32. The minimum Gasteiger partial charge on any atom is -0.481 e. The SMILES string of the molecule is CCCN(CCC)C(=O)c1oc2ccccc2c1NC(=O)C(C)Oc1ccccc1. The topological polar surface area (TPSA) is 71.8 Å². The molecule has 0 fully saturated rings. The van der Waals surface area contributed by atoms with Crippen LogP contribution in [0.5, 0.6) is 5.75 Å². The zero-order valence-electron chi connectivity index (χ0n) is 17.7. The minimum absolute atomic E-state index is 0.151. The van der Waals surface area contributed by atoms with E-state index in [1.54, 1.807) is 30.0 Å². The van der Waals surface area contributed by atoms with Crippen LogP contribution in [0.2, 0.25) is 0 Å². The Bertz CT molecular complexity index is 991. The molecule has 0 bridgehead atoms. The molecule has 0 aliphatic heterocycles. The number of nitrogens with zero attached hydrogens (tertiary/aromatic N) is 1. The number of ether oxygens (including phenoxy) is 1. The van der Waals surface area contributed by atoms with Gasteiger partial charge < -0.3 is 19.4 Å². The van der Waals surface area contributed by atoms with Crippen LogP contribution in [-0.4, -0.2) is 35.9 Å². The summed E-state index contributed by atoms with van der Waals surface area (Å²) in [7, 11) is 0. The molecule has 0 aliphatic rings. The van der Waals surface area contributed by atoms with Crippen molar-refractivity contribution in [3.63, 3.8) is 0 Å².